The van der Waals surface area contributed by atoms with Gasteiger partial charge in [-0.05, 0) is 6.07 Å². The van der Waals surface area contributed by atoms with Gasteiger partial charge in [0.25, 0.3) is 23.2 Å². The Morgan fingerprint density at radius 3 is 2.42 bits per heavy atom. The zero-order chi connectivity index (χ0) is 19.4. The highest BCUT2D eigenvalue weighted by molar-refractivity contribution is 6.49. The summed E-state index contributed by atoms with van der Waals surface area (Å²) in [7, 11) is 1.33. The Kier molecular flexibility index (Phi) is 5.05. The number of rotatable bonds is 6. The van der Waals surface area contributed by atoms with E-state index in [4.69, 9.17) is 0 Å². The average molecular weight is 365 g/mol. The van der Waals surface area contributed by atoms with Gasteiger partial charge in [0, 0.05) is 13.1 Å². The monoisotopic (exact) mass is 365 g/mol. The minimum atomic E-state index is -1.41. The topological polar surface area (TPSA) is 198 Å². The first kappa shape index (κ1) is 18.2. The smallest absolute Gasteiger partial charge is 0.320 e. The van der Waals surface area contributed by atoms with E-state index in [1.807, 2.05) is 5.32 Å². The van der Waals surface area contributed by atoms with E-state index in [0.717, 1.165) is 12.1 Å². The van der Waals surface area contributed by atoms with Gasteiger partial charge in [0.1, 0.15) is 5.69 Å². The molecule has 4 N–H and O–H groups in total. The molecule has 1 atom stereocenters. The molecule has 1 fully saturated rings. The van der Waals surface area contributed by atoms with E-state index in [1.165, 1.54) is 7.05 Å². The number of amides is 4. The lowest BCUT2D eigenvalue weighted by molar-refractivity contribution is -0.393. The number of benzene rings is 1. The first-order valence-electron chi connectivity index (χ1n) is 6.84. The molecule has 136 valence electrons. The van der Waals surface area contributed by atoms with Gasteiger partial charge in [0.15, 0.2) is 11.8 Å². The molecule has 26 heavy (non-hydrogen) atoms. The highest BCUT2D eigenvalue weighted by atomic mass is 16.6. The number of anilines is 1. The summed E-state index contributed by atoms with van der Waals surface area (Å²) in [5.74, 6) is -1.86. The third-order valence-electron chi connectivity index (χ3n) is 3.15. The van der Waals surface area contributed by atoms with Gasteiger partial charge in [0.05, 0.1) is 15.9 Å². The van der Waals surface area contributed by atoms with Gasteiger partial charge in [-0.1, -0.05) is 0 Å². The van der Waals surface area contributed by atoms with Crippen molar-refractivity contribution in [2.24, 2.45) is 5.10 Å². The van der Waals surface area contributed by atoms with Crippen molar-refractivity contribution >= 4 is 40.6 Å². The van der Waals surface area contributed by atoms with Crippen molar-refractivity contribution < 1.29 is 24.2 Å². The first-order chi connectivity index (χ1) is 12.2. The van der Waals surface area contributed by atoms with Gasteiger partial charge in [-0.15, -0.1) is 0 Å². The number of nitro benzene ring substituents is 2. The van der Waals surface area contributed by atoms with Crippen LogP contribution < -0.4 is 21.4 Å². The Hall–Kier alpha value is -4.10. The summed E-state index contributed by atoms with van der Waals surface area (Å²) in [6.45, 7) is 0. The van der Waals surface area contributed by atoms with Crippen LogP contribution in [0.25, 0.3) is 0 Å². The molecule has 0 spiro atoms. The molecule has 0 aliphatic carbocycles. The summed E-state index contributed by atoms with van der Waals surface area (Å²) in [4.78, 5) is 55.3. The van der Waals surface area contributed by atoms with Crippen molar-refractivity contribution in [3.8, 4) is 0 Å². The highest BCUT2D eigenvalue weighted by Crippen LogP contribution is 2.29. The van der Waals surface area contributed by atoms with Crippen molar-refractivity contribution in [2.75, 3.05) is 12.4 Å². The molecule has 0 aromatic heterocycles. The summed E-state index contributed by atoms with van der Waals surface area (Å²) >= 11 is 0. The van der Waals surface area contributed by atoms with E-state index in [-0.39, 0.29) is 5.69 Å². The normalized spacial score (nSPS) is 16.5. The molecule has 1 aromatic carbocycles. The SMILES string of the molecule is CN/N=C(/C(=O)Nc1ccc([N+](=O)[O-])cc1[N+](=O)[O-])[C@@H]1NC(=O)NC1=O. The number of carbonyl (C=O) groups is 3. The Morgan fingerprint density at radius 2 is 1.92 bits per heavy atom. The van der Waals surface area contributed by atoms with Gasteiger partial charge in [-0.25, -0.2) is 4.79 Å². The number of hydrogen-bond donors (Lipinski definition) is 4. The number of imide groups is 1. The van der Waals surface area contributed by atoms with Gasteiger partial charge in [-0.3, -0.25) is 35.1 Å². The Morgan fingerprint density at radius 1 is 1.23 bits per heavy atom. The maximum atomic E-state index is 12.4. The van der Waals surface area contributed by atoms with Crippen LogP contribution in [-0.2, 0) is 9.59 Å². The minimum absolute atomic E-state index is 0.348. The molecule has 4 amide bonds. The lowest BCUT2D eigenvalue weighted by Gasteiger charge is -2.12. The summed E-state index contributed by atoms with van der Waals surface area (Å²) in [5, 5.41) is 31.7. The molecule has 14 heteroatoms. The second kappa shape index (κ2) is 7.20. The largest absolute Gasteiger partial charge is 0.322 e. The summed E-state index contributed by atoms with van der Waals surface area (Å²) in [6.07, 6.45) is 0. The molecule has 1 heterocycles. The molecule has 1 saturated heterocycles. The highest BCUT2D eigenvalue weighted by Gasteiger charge is 2.38. The molecule has 0 unspecified atom stereocenters. The lowest BCUT2D eigenvalue weighted by Crippen LogP contribution is -2.44. The van der Waals surface area contributed by atoms with Crippen LogP contribution in [0.2, 0.25) is 0 Å². The van der Waals surface area contributed by atoms with Gasteiger partial charge >= 0.3 is 6.03 Å². The van der Waals surface area contributed by atoms with Crippen LogP contribution in [0.3, 0.4) is 0 Å². The minimum Gasteiger partial charge on any atom is -0.320 e. The van der Waals surface area contributed by atoms with Crippen LogP contribution >= 0.6 is 0 Å². The maximum absolute atomic E-state index is 12.4. The van der Waals surface area contributed by atoms with Crippen molar-refractivity contribution in [1.82, 2.24) is 16.1 Å². The molecule has 14 nitrogen and oxygen atoms in total. The molecule has 1 aliphatic heterocycles. The number of nitro groups is 2. The number of urea groups is 1. The molecule has 0 saturated carbocycles. The Balaban J connectivity index is 2.34. The molecular formula is C12H11N7O7. The zero-order valence-electron chi connectivity index (χ0n) is 13.0. The number of hydrogen-bond acceptors (Lipinski definition) is 9. The van der Waals surface area contributed by atoms with Crippen LogP contribution in [0, 0.1) is 20.2 Å². The molecule has 0 radical (unpaired) electrons. The van der Waals surface area contributed by atoms with E-state index >= 15 is 0 Å². The fourth-order valence-electron chi connectivity index (χ4n) is 2.05. The van der Waals surface area contributed by atoms with Gasteiger partial charge in [0.2, 0.25) is 0 Å². The number of carbonyl (C=O) groups excluding carboxylic acids is 3. The predicted octanol–water partition coefficient (Wildman–Crippen LogP) is -0.775. The van der Waals surface area contributed by atoms with Gasteiger partial charge < -0.3 is 16.1 Å². The average Bonchev–Trinajstić information content (AvgIpc) is 2.90. The van der Waals surface area contributed by atoms with E-state index in [0.29, 0.717) is 6.07 Å². The molecule has 0 bridgehead atoms. The van der Waals surface area contributed by atoms with E-state index in [1.54, 1.807) is 0 Å². The lowest BCUT2D eigenvalue weighted by atomic mass is 10.1. The van der Waals surface area contributed by atoms with Crippen LogP contribution in [0.5, 0.6) is 0 Å². The molecule has 1 aromatic rings. The van der Waals surface area contributed by atoms with Crippen molar-refractivity contribution in [3.05, 3.63) is 38.4 Å². The Bertz CT molecular complexity index is 850. The van der Waals surface area contributed by atoms with Crippen molar-refractivity contribution in [2.45, 2.75) is 6.04 Å². The maximum Gasteiger partial charge on any atom is 0.322 e. The second-order valence-corrected chi connectivity index (χ2v) is 4.79. The quantitative estimate of drug-likeness (QED) is 0.218. The fraction of sp³-hybridized carbons (Fsp3) is 0.167. The zero-order valence-corrected chi connectivity index (χ0v) is 13.0. The number of nitrogens with one attached hydrogen (secondary N) is 4. The van der Waals surface area contributed by atoms with Crippen LogP contribution in [0.1, 0.15) is 0 Å². The van der Waals surface area contributed by atoms with Crippen LogP contribution in [0.4, 0.5) is 21.9 Å². The van der Waals surface area contributed by atoms with Crippen molar-refractivity contribution in [3.63, 3.8) is 0 Å². The molecular weight excluding hydrogens is 354 g/mol. The summed E-state index contributed by atoms with van der Waals surface area (Å²) in [5.41, 5.74) is 0.198. The second-order valence-electron chi connectivity index (χ2n) is 4.79. The third-order valence-corrected chi connectivity index (χ3v) is 3.15. The summed E-state index contributed by atoms with van der Waals surface area (Å²) < 4.78 is 0. The van der Waals surface area contributed by atoms with E-state index in [2.05, 4.69) is 21.2 Å². The number of nitrogens with zero attached hydrogens (tertiary/aromatic N) is 3. The standard InChI is InChI=1S/C12H11N7O7/c1-13-17-9(8-10(20)16-12(22)15-8)11(21)14-6-3-2-5(18(23)24)4-7(6)19(25)26/h2-4,8,13H,1H3,(H,14,21)(H2,15,16,20,22)/b17-9+/t8-/m0/s1. The summed E-state index contributed by atoms with van der Waals surface area (Å²) in [6, 6.07) is 0.360. The predicted molar refractivity (Wildman–Crippen MR) is 85.3 cm³/mol. The van der Waals surface area contributed by atoms with E-state index < -0.39 is 50.8 Å². The van der Waals surface area contributed by atoms with Gasteiger partial charge in [-0.2, -0.15) is 5.10 Å². The fourth-order valence-corrected chi connectivity index (χ4v) is 2.05. The molecule has 1 aliphatic rings. The number of non-ortho nitro benzene ring substituents is 1. The molecule has 2 rings (SSSR count). The van der Waals surface area contributed by atoms with E-state index in [9.17, 15) is 34.6 Å². The Labute approximate surface area is 143 Å². The van der Waals surface area contributed by atoms with Crippen LogP contribution in [0.15, 0.2) is 23.3 Å². The third kappa shape index (κ3) is 3.69. The number of hydrazone groups is 1. The first-order valence-corrected chi connectivity index (χ1v) is 6.84. The van der Waals surface area contributed by atoms with Crippen molar-refractivity contribution in [1.29, 1.82) is 0 Å². The van der Waals surface area contributed by atoms with Crippen LogP contribution in [-0.4, -0.2) is 46.5 Å².